The van der Waals surface area contributed by atoms with Crippen molar-refractivity contribution in [3.8, 4) is 0 Å². The highest BCUT2D eigenvalue weighted by Gasteiger charge is 2.24. The smallest absolute Gasteiger partial charge is 0.255 e. The van der Waals surface area contributed by atoms with Crippen LogP contribution in [0.2, 0.25) is 0 Å². The number of rotatable bonds is 7. The first-order chi connectivity index (χ1) is 13.6. The van der Waals surface area contributed by atoms with Gasteiger partial charge in [-0.2, -0.15) is 0 Å². The lowest BCUT2D eigenvalue weighted by Crippen LogP contribution is -2.48. The minimum Gasteiger partial charge on any atom is -0.472 e. The van der Waals surface area contributed by atoms with Gasteiger partial charge in [0.15, 0.2) is 0 Å². The van der Waals surface area contributed by atoms with Gasteiger partial charge in [-0.1, -0.05) is 30.3 Å². The van der Waals surface area contributed by atoms with Crippen LogP contribution in [-0.2, 0) is 11.2 Å². The van der Waals surface area contributed by atoms with E-state index in [9.17, 15) is 9.59 Å². The van der Waals surface area contributed by atoms with Crippen molar-refractivity contribution in [2.75, 3.05) is 32.7 Å². The van der Waals surface area contributed by atoms with Crippen LogP contribution in [0.3, 0.4) is 0 Å². The van der Waals surface area contributed by atoms with E-state index in [1.165, 1.54) is 18.1 Å². The Hall–Kier alpha value is -2.60. The fourth-order valence-electron chi connectivity index (χ4n) is 3.58. The molecule has 6 nitrogen and oxygen atoms in total. The quantitative estimate of drug-likeness (QED) is 0.798. The van der Waals surface area contributed by atoms with Crippen molar-refractivity contribution < 1.29 is 14.0 Å². The predicted octanol–water partition coefficient (Wildman–Crippen LogP) is 2.57. The lowest BCUT2D eigenvalue weighted by Gasteiger charge is -2.25. The number of hydrogen-bond donors (Lipinski definition) is 1. The summed E-state index contributed by atoms with van der Waals surface area (Å²) in [5.41, 5.74) is 1.80. The monoisotopic (exact) mass is 383 g/mol. The van der Waals surface area contributed by atoms with E-state index in [-0.39, 0.29) is 11.8 Å². The number of amides is 2. The highest BCUT2D eigenvalue weighted by Crippen LogP contribution is 2.09. The first-order valence-corrected chi connectivity index (χ1v) is 10.0. The largest absolute Gasteiger partial charge is 0.472 e. The number of nitrogens with one attached hydrogen (secondary N) is 1. The Labute approximate surface area is 166 Å². The van der Waals surface area contributed by atoms with Crippen LogP contribution < -0.4 is 5.32 Å². The predicted molar refractivity (Wildman–Crippen MR) is 108 cm³/mol. The Morgan fingerprint density at radius 1 is 1.11 bits per heavy atom. The fraction of sp³-hybridized carbons (Fsp3) is 0.455. The second-order valence-electron chi connectivity index (χ2n) is 7.32. The molecule has 150 valence electrons. The average molecular weight is 383 g/mol. The molecule has 1 saturated heterocycles. The Kier molecular flexibility index (Phi) is 7.25. The minimum atomic E-state index is -0.549. The molecule has 0 spiro atoms. The summed E-state index contributed by atoms with van der Waals surface area (Å²) in [6.07, 6.45) is 5.99. The Morgan fingerprint density at radius 3 is 2.68 bits per heavy atom. The third-order valence-corrected chi connectivity index (χ3v) is 5.18. The topological polar surface area (TPSA) is 65.8 Å². The molecule has 2 heterocycles. The van der Waals surface area contributed by atoms with Crippen molar-refractivity contribution >= 4 is 11.8 Å². The van der Waals surface area contributed by atoms with Crippen LogP contribution in [0.4, 0.5) is 0 Å². The van der Waals surface area contributed by atoms with E-state index in [0.29, 0.717) is 12.1 Å². The van der Waals surface area contributed by atoms with Crippen LogP contribution in [0.5, 0.6) is 0 Å². The van der Waals surface area contributed by atoms with Gasteiger partial charge in [0.1, 0.15) is 12.3 Å². The van der Waals surface area contributed by atoms with Crippen LogP contribution in [0.25, 0.3) is 0 Å². The minimum absolute atomic E-state index is 0.0250. The zero-order chi connectivity index (χ0) is 19.8. The summed E-state index contributed by atoms with van der Waals surface area (Å²) in [5.74, 6) is -0.310. The number of hydrogen-bond acceptors (Lipinski definition) is 4. The van der Waals surface area contributed by atoms with E-state index in [1.54, 1.807) is 13.0 Å². The van der Waals surface area contributed by atoms with Crippen molar-refractivity contribution in [2.45, 2.75) is 32.2 Å². The molecule has 2 amide bonds. The molecule has 1 atom stereocenters. The van der Waals surface area contributed by atoms with Gasteiger partial charge in [-0.15, -0.1) is 0 Å². The van der Waals surface area contributed by atoms with Gasteiger partial charge in [0.05, 0.1) is 11.8 Å². The van der Waals surface area contributed by atoms with Gasteiger partial charge in [-0.3, -0.25) is 9.59 Å². The maximum atomic E-state index is 12.7. The molecule has 0 radical (unpaired) electrons. The molecule has 1 aromatic heterocycles. The van der Waals surface area contributed by atoms with E-state index in [4.69, 9.17) is 4.42 Å². The maximum absolute atomic E-state index is 12.7. The van der Waals surface area contributed by atoms with E-state index < -0.39 is 6.04 Å². The van der Waals surface area contributed by atoms with Crippen LogP contribution in [-0.4, -0.2) is 60.4 Å². The van der Waals surface area contributed by atoms with Gasteiger partial charge in [0, 0.05) is 19.6 Å². The summed E-state index contributed by atoms with van der Waals surface area (Å²) in [6.45, 7) is 6.11. The number of nitrogens with zero attached hydrogens (tertiary/aromatic N) is 2. The standard InChI is InChI=1S/C22H29N3O3/c1-18(23-21(26)20-10-16-28-17-20)22(27)25-13-6-12-24(14-15-25)11-5-9-19-7-3-2-4-8-19/h2-4,7-8,10,16-18H,5-6,9,11-15H2,1H3,(H,23,26). The van der Waals surface area contributed by atoms with Crippen LogP contribution in [0.15, 0.2) is 53.3 Å². The average Bonchev–Trinajstić information content (AvgIpc) is 3.15. The molecule has 1 aromatic carbocycles. The molecule has 28 heavy (non-hydrogen) atoms. The Balaban J connectivity index is 1.42. The first kappa shape index (κ1) is 20.1. The van der Waals surface area contributed by atoms with E-state index in [0.717, 1.165) is 45.4 Å². The SMILES string of the molecule is CC(NC(=O)c1ccoc1)C(=O)N1CCCN(CCCc2ccccc2)CC1. The van der Waals surface area contributed by atoms with Gasteiger partial charge in [-0.25, -0.2) is 0 Å². The molecule has 1 aliphatic heterocycles. The van der Waals surface area contributed by atoms with Crippen molar-refractivity contribution in [2.24, 2.45) is 0 Å². The van der Waals surface area contributed by atoms with Crippen molar-refractivity contribution in [3.63, 3.8) is 0 Å². The maximum Gasteiger partial charge on any atom is 0.255 e. The summed E-state index contributed by atoms with van der Waals surface area (Å²) in [7, 11) is 0. The third kappa shape index (κ3) is 5.70. The van der Waals surface area contributed by atoms with E-state index in [1.807, 2.05) is 11.0 Å². The summed E-state index contributed by atoms with van der Waals surface area (Å²) < 4.78 is 4.92. The van der Waals surface area contributed by atoms with Gasteiger partial charge in [0.25, 0.3) is 5.91 Å². The number of benzene rings is 1. The second kappa shape index (κ2) is 10.1. The molecule has 6 heteroatoms. The molecule has 1 N–H and O–H groups in total. The second-order valence-corrected chi connectivity index (χ2v) is 7.32. The molecule has 1 aliphatic rings. The summed E-state index contributed by atoms with van der Waals surface area (Å²) in [5, 5.41) is 2.76. The highest BCUT2D eigenvalue weighted by atomic mass is 16.3. The molecule has 3 rings (SSSR count). The molecule has 0 aliphatic carbocycles. The zero-order valence-corrected chi connectivity index (χ0v) is 16.5. The summed E-state index contributed by atoms with van der Waals surface area (Å²) in [4.78, 5) is 29.1. The van der Waals surface area contributed by atoms with Crippen LogP contribution >= 0.6 is 0 Å². The highest BCUT2D eigenvalue weighted by molar-refractivity contribution is 5.97. The molecule has 1 unspecified atom stereocenters. The molecular formula is C22H29N3O3. The van der Waals surface area contributed by atoms with Gasteiger partial charge in [0.2, 0.25) is 5.91 Å². The number of aryl methyl sites for hydroxylation is 1. The van der Waals surface area contributed by atoms with Gasteiger partial charge >= 0.3 is 0 Å². The van der Waals surface area contributed by atoms with Crippen LogP contribution in [0, 0.1) is 0 Å². The molecule has 2 aromatic rings. The lowest BCUT2D eigenvalue weighted by atomic mass is 10.1. The first-order valence-electron chi connectivity index (χ1n) is 10.0. The van der Waals surface area contributed by atoms with Gasteiger partial charge in [-0.05, 0) is 50.9 Å². The Bertz CT molecular complexity index is 746. The zero-order valence-electron chi connectivity index (χ0n) is 16.5. The van der Waals surface area contributed by atoms with Crippen molar-refractivity contribution in [1.29, 1.82) is 0 Å². The molecule has 0 bridgehead atoms. The van der Waals surface area contributed by atoms with Crippen molar-refractivity contribution in [1.82, 2.24) is 15.1 Å². The summed E-state index contributed by atoms with van der Waals surface area (Å²) in [6, 6.07) is 11.6. The molecule has 0 saturated carbocycles. The Morgan fingerprint density at radius 2 is 1.93 bits per heavy atom. The summed E-state index contributed by atoms with van der Waals surface area (Å²) >= 11 is 0. The van der Waals surface area contributed by atoms with Gasteiger partial charge < -0.3 is 19.5 Å². The van der Waals surface area contributed by atoms with Crippen LogP contribution in [0.1, 0.15) is 35.7 Å². The normalized spacial score (nSPS) is 16.4. The number of carbonyl (C=O) groups excluding carboxylic acids is 2. The van der Waals surface area contributed by atoms with E-state index >= 15 is 0 Å². The number of carbonyl (C=O) groups is 2. The third-order valence-electron chi connectivity index (χ3n) is 5.18. The fourth-order valence-corrected chi connectivity index (χ4v) is 3.58. The lowest BCUT2D eigenvalue weighted by molar-refractivity contribution is -0.132. The molecular weight excluding hydrogens is 354 g/mol. The van der Waals surface area contributed by atoms with E-state index in [2.05, 4.69) is 34.5 Å². The number of furan rings is 1. The van der Waals surface area contributed by atoms with Crippen molar-refractivity contribution in [3.05, 3.63) is 60.1 Å². The molecule has 1 fully saturated rings.